The van der Waals surface area contributed by atoms with Crippen LogP contribution in [0, 0.1) is 0 Å². The zero-order chi connectivity index (χ0) is 13.1. The van der Waals surface area contributed by atoms with Gasteiger partial charge in [-0.3, -0.25) is 4.79 Å². The third-order valence-corrected chi connectivity index (χ3v) is 3.17. The average molecular weight is 258 g/mol. The Morgan fingerprint density at radius 1 is 1.42 bits per heavy atom. The van der Waals surface area contributed by atoms with Crippen LogP contribution in [0.25, 0.3) is 6.08 Å². The van der Waals surface area contributed by atoms with Crippen molar-refractivity contribution in [2.45, 2.75) is 12.5 Å². The Balaban J connectivity index is 1.60. The van der Waals surface area contributed by atoms with Gasteiger partial charge in [-0.1, -0.05) is 0 Å². The molecule has 6 nitrogen and oxygen atoms in total. The molecular formula is C13H14N4O2. The number of likely N-dealkylation sites (tertiary alicyclic amines) is 1. The minimum absolute atomic E-state index is 0.00828. The molecule has 0 saturated carbocycles. The Bertz CT molecular complexity index is 559. The quantitative estimate of drug-likeness (QED) is 0.780. The first-order valence-corrected chi connectivity index (χ1v) is 6.19. The highest BCUT2D eigenvalue weighted by Crippen LogP contribution is 2.20. The predicted octanol–water partition coefficient (Wildman–Crippen LogP) is 1.36. The third kappa shape index (κ3) is 2.57. The van der Waals surface area contributed by atoms with E-state index >= 15 is 0 Å². The van der Waals surface area contributed by atoms with Crippen molar-refractivity contribution in [2.24, 2.45) is 0 Å². The van der Waals surface area contributed by atoms with Gasteiger partial charge in [0.1, 0.15) is 5.76 Å². The molecule has 2 aromatic rings. The molecular weight excluding hydrogens is 244 g/mol. The van der Waals surface area contributed by atoms with Crippen molar-refractivity contribution in [3.8, 4) is 0 Å². The SMILES string of the molecule is O=C(C=Cc1ccco1)N1CCC(n2nccn2)C1. The van der Waals surface area contributed by atoms with Crippen LogP contribution in [0.3, 0.4) is 0 Å². The van der Waals surface area contributed by atoms with Crippen LogP contribution in [-0.2, 0) is 4.79 Å². The maximum absolute atomic E-state index is 12.0. The average Bonchev–Trinajstić information content (AvgIpc) is 3.14. The van der Waals surface area contributed by atoms with Crippen LogP contribution in [0.5, 0.6) is 0 Å². The van der Waals surface area contributed by atoms with E-state index in [0.29, 0.717) is 12.3 Å². The van der Waals surface area contributed by atoms with Gasteiger partial charge < -0.3 is 9.32 Å². The molecule has 1 amide bonds. The molecule has 1 atom stereocenters. The molecule has 0 bridgehead atoms. The van der Waals surface area contributed by atoms with Gasteiger partial charge in [0.25, 0.3) is 0 Å². The minimum atomic E-state index is -0.00828. The highest BCUT2D eigenvalue weighted by molar-refractivity contribution is 5.91. The molecule has 1 fully saturated rings. The summed E-state index contributed by atoms with van der Waals surface area (Å²) < 4.78 is 5.14. The van der Waals surface area contributed by atoms with Gasteiger partial charge in [-0.15, -0.1) is 0 Å². The zero-order valence-electron chi connectivity index (χ0n) is 10.3. The Labute approximate surface area is 110 Å². The standard InChI is InChI=1S/C13H14N4O2/c18-13(4-3-12-2-1-9-19-12)16-8-5-11(10-16)17-14-6-7-15-17/h1-4,6-7,9,11H,5,8,10H2. The number of hydrogen-bond donors (Lipinski definition) is 0. The number of furan rings is 1. The Hall–Kier alpha value is -2.37. The molecule has 98 valence electrons. The lowest BCUT2D eigenvalue weighted by atomic mass is 10.3. The first kappa shape index (κ1) is 11.7. The van der Waals surface area contributed by atoms with Crippen LogP contribution in [0.15, 0.2) is 41.3 Å². The van der Waals surface area contributed by atoms with Gasteiger partial charge in [0.2, 0.25) is 5.91 Å². The molecule has 3 rings (SSSR count). The summed E-state index contributed by atoms with van der Waals surface area (Å²) in [7, 11) is 0. The second-order valence-electron chi connectivity index (χ2n) is 4.42. The molecule has 1 saturated heterocycles. The molecule has 0 aromatic carbocycles. The number of nitrogens with zero attached hydrogens (tertiary/aromatic N) is 4. The number of carbonyl (C=O) groups excluding carboxylic acids is 1. The largest absolute Gasteiger partial charge is 0.465 e. The lowest BCUT2D eigenvalue weighted by Gasteiger charge is -2.13. The zero-order valence-corrected chi connectivity index (χ0v) is 10.3. The van der Waals surface area contributed by atoms with E-state index < -0.39 is 0 Å². The summed E-state index contributed by atoms with van der Waals surface area (Å²) in [4.78, 5) is 15.5. The fraction of sp³-hybridized carbons (Fsp3) is 0.308. The Morgan fingerprint density at radius 2 is 2.26 bits per heavy atom. The molecule has 6 heteroatoms. The number of amides is 1. The lowest BCUT2D eigenvalue weighted by molar-refractivity contribution is -0.125. The van der Waals surface area contributed by atoms with Gasteiger partial charge in [0.05, 0.1) is 24.7 Å². The van der Waals surface area contributed by atoms with Gasteiger partial charge >= 0.3 is 0 Å². The van der Waals surface area contributed by atoms with Crippen LogP contribution in [0.2, 0.25) is 0 Å². The van der Waals surface area contributed by atoms with Crippen molar-refractivity contribution in [1.29, 1.82) is 0 Å². The molecule has 1 aliphatic heterocycles. The Morgan fingerprint density at radius 3 is 3.00 bits per heavy atom. The molecule has 2 aromatic heterocycles. The molecule has 3 heterocycles. The van der Waals surface area contributed by atoms with E-state index in [1.54, 1.807) is 40.5 Å². The fourth-order valence-corrected chi connectivity index (χ4v) is 2.19. The van der Waals surface area contributed by atoms with Gasteiger partial charge in [-0.05, 0) is 24.6 Å². The van der Waals surface area contributed by atoms with E-state index in [1.165, 1.54) is 6.08 Å². The molecule has 19 heavy (non-hydrogen) atoms. The van der Waals surface area contributed by atoms with Crippen molar-refractivity contribution in [1.82, 2.24) is 19.9 Å². The summed E-state index contributed by atoms with van der Waals surface area (Å²) in [5.41, 5.74) is 0. The van der Waals surface area contributed by atoms with E-state index in [1.807, 2.05) is 6.07 Å². The molecule has 0 N–H and O–H groups in total. The highest BCUT2D eigenvalue weighted by Gasteiger charge is 2.27. The number of aromatic nitrogens is 3. The monoisotopic (exact) mass is 258 g/mol. The molecule has 0 radical (unpaired) electrons. The van der Waals surface area contributed by atoms with Gasteiger partial charge in [-0.25, -0.2) is 0 Å². The number of carbonyl (C=O) groups is 1. The van der Waals surface area contributed by atoms with E-state index in [2.05, 4.69) is 10.2 Å². The van der Waals surface area contributed by atoms with Crippen molar-refractivity contribution in [2.75, 3.05) is 13.1 Å². The van der Waals surface area contributed by atoms with Crippen molar-refractivity contribution < 1.29 is 9.21 Å². The van der Waals surface area contributed by atoms with Crippen LogP contribution in [-0.4, -0.2) is 38.9 Å². The first-order valence-electron chi connectivity index (χ1n) is 6.19. The third-order valence-electron chi connectivity index (χ3n) is 3.17. The molecule has 1 aliphatic rings. The van der Waals surface area contributed by atoms with Crippen molar-refractivity contribution in [3.05, 3.63) is 42.6 Å². The number of rotatable bonds is 3. The summed E-state index contributed by atoms with van der Waals surface area (Å²) in [6.07, 6.45) is 9.00. The summed E-state index contributed by atoms with van der Waals surface area (Å²) in [5.74, 6) is 0.670. The molecule has 1 unspecified atom stereocenters. The van der Waals surface area contributed by atoms with Crippen LogP contribution >= 0.6 is 0 Å². The smallest absolute Gasteiger partial charge is 0.246 e. The minimum Gasteiger partial charge on any atom is -0.465 e. The summed E-state index contributed by atoms with van der Waals surface area (Å²) >= 11 is 0. The lowest BCUT2D eigenvalue weighted by Crippen LogP contribution is -2.27. The topological polar surface area (TPSA) is 64.2 Å². The maximum atomic E-state index is 12.0. The summed E-state index contributed by atoms with van der Waals surface area (Å²) in [5, 5.41) is 8.23. The predicted molar refractivity (Wildman–Crippen MR) is 68.0 cm³/mol. The van der Waals surface area contributed by atoms with E-state index in [-0.39, 0.29) is 11.9 Å². The molecule has 0 aliphatic carbocycles. The van der Waals surface area contributed by atoms with E-state index in [9.17, 15) is 4.79 Å². The maximum Gasteiger partial charge on any atom is 0.246 e. The van der Waals surface area contributed by atoms with Crippen LogP contribution < -0.4 is 0 Å². The number of hydrogen-bond acceptors (Lipinski definition) is 4. The highest BCUT2D eigenvalue weighted by atomic mass is 16.3. The van der Waals surface area contributed by atoms with Gasteiger partial charge in [-0.2, -0.15) is 15.0 Å². The van der Waals surface area contributed by atoms with Crippen molar-refractivity contribution >= 4 is 12.0 Å². The summed E-state index contributed by atoms with van der Waals surface area (Å²) in [6.45, 7) is 1.38. The van der Waals surface area contributed by atoms with E-state index in [4.69, 9.17) is 4.42 Å². The van der Waals surface area contributed by atoms with E-state index in [0.717, 1.165) is 13.0 Å². The second kappa shape index (κ2) is 5.09. The van der Waals surface area contributed by atoms with Crippen molar-refractivity contribution in [3.63, 3.8) is 0 Å². The molecule has 0 spiro atoms. The normalized spacial score (nSPS) is 19.4. The second-order valence-corrected chi connectivity index (χ2v) is 4.42. The van der Waals surface area contributed by atoms with Gasteiger partial charge in [0.15, 0.2) is 0 Å². The summed E-state index contributed by atoms with van der Waals surface area (Å²) in [6, 6.07) is 3.78. The van der Waals surface area contributed by atoms with Crippen LogP contribution in [0.4, 0.5) is 0 Å². The first-order chi connectivity index (χ1) is 9.33. The van der Waals surface area contributed by atoms with Crippen LogP contribution in [0.1, 0.15) is 18.2 Å². The van der Waals surface area contributed by atoms with Gasteiger partial charge in [0, 0.05) is 19.2 Å². The Kier molecular flexibility index (Phi) is 3.14. The fourth-order valence-electron chi connectivity index (χ4n) is 2.19.